The van der Waals surface area contributed by atoms with Crippen LogP contribution in [-0.4, -0.2) is 18.1 Å². The molecule has 0 spiro atoms. The SMILES string of the molecule is C(=Nc1cccc2ccccc12)C1=CCC(C=Nc2cccc3ccccc23)=N1.[Cl][Fe][Cl]. The Balaban J connectivity index is 0.000000775. The van der Waals surface area contributed by atoms with E-state index in [1.165, 1.54) is 10.8 Å². The first-order valence-corrected chi connectivity index (χ1v) is 13.0. The fraction of sp³-hybridized carbons (Fsp3) is 0.0385. The molecule has 0 atom stereocenters. The van der Waals surface area contributed by atoms with Crippen molar-refractivity contribution in [1.82, 2.24) is 0 Å². The molecule has 160 valence electrons. The predicted octanol–water partition coefficient (Wildman–Crippen LogP) is 8.20. The molecule has 0 aliphatic carbocycles. The molecule has 6 heteroatoms. The Labute approximate surface area is 201 Å². The Morgan fingerprint density at radius 2 is 1.19 bits per heavy atom. The van der Waals surface area contributed by atoms with E-state index in [0.29, 0.717) is 0 Å². The van der Waals surface area contributed by atoms with E-state index in [1.807, 2.05) is 61.0 Å². The van der Waals surface area contributed by atoms with Crippen LogP contribution in [0.1, 0.15) is 6.42 Å². The molecule has 0 N–H and O–H groups in total. The molecule has 0 amide bonds. The van der Waals surface area contributed by atoms with Crippen molar-refractivity contribution in [1.29, 1.82) is 0 Å². The molecule has 1 aliphatic rings. The van der Waals surface area contributed by atoms with Gasteiger partial charge in [-0.25, -0.2) is 0 Å². The number of halogens is 2. The van der Waals surface area contributed by atoms with Crippen molar-refractivity contribution in [3.05, 3.63) is 96.7 Å². The van der Waals surface area contributed by atoms with Crippen LogP contribution in [0.2, 0.25) is 0 Å². The molecular weight excluding hydrogens is 481 g/mol. The molecule has 0 fully saturated rings. The molecule has 1 heterocycles. The van der Waals surface area contributed by atoms with Crippen LogP contribution in [0.4, 0.5) is 11.4 Å². The standard InChI is InChI=1S/C26H19N3.2ClH.Fe/c1-3-11-23-19(7-1)9-5-13-25(23)27-17-21-15-16-22(29-21)18-28-26-14-6-10-20-8-2-4-12-24(20)26;;;/h1-15,17-18H,16H2;2*1H;/q;;;+2/p-2. The molecule has 0 radical (unpaired) electrons. The summed E-state index contributed by atoms with van der Waals surface area (Å²) in [5.41, 5.74) is 3.73. The topological polar surface area (TPSA) is 37.1 Å². The van der Waals surface area contributed by atoms with E-state index < -0.39 is 0 Å². The summed E-state index contributed by atoms with van der Waals surface area (Å²) in [5, 5.41) is 4.67. The van der Waals surface area contributed by atoms with Gasteiger partial charge in [-0.2, -0.15) is 0 Å². The van der Waals surface area contributed by atoms with Gasteiger partial charge in [-0.05, 0) is 22.9 Å². The summed E-state index contributed by atoms with van der Waals surface area (Å²) in [6.07, 6.45) is 6.54. The zero-order valence-corrected chi connectivity index (χ0v) is 19.6. The van der Waals surface area contributed by atoms with Crippen molar-refractivity contribution < 1.29 is 13.1 Å². The minimum absolute atomic E-state index is 0.194. The molecule has 4 aromatic rings. The van der Waals surface area contributed by atoms with E-state index >= 15 is 0 Å². The van der Waals surface area contributed by atoms with Gasteiger partial charge in [0.2, 0.25) is 0 Å². The Kier molecular flexibility index (Phi) is 7.87. The van der Waals surface area contributed by atoms with Crippen LogP contribution in [-0.2, 0) is 13.1 Å². The third-order valence-corrected chi connectivity index (χ3v) is 5.01. The van der Waals surface area contributed by atoms with Gasteiger partial charge in [0.15, 0.2) is 0 Å². The van der Waals surface area contributed by atoms with E-state index in [1.54, 1.807) is 0 Å². The molecular formula is C26H19Cl2FeN3. The number of rotatable bonds is 4. The summed E-state index contributed by atoms with van der Waals surface area (Å²) in [7, 11) is 9.53. The van der Waals surface area contributed by atoms with Crippen LogP contribution < -0.4 is 0 Å². The second-order valence-corrected chi connectivity index (χ2v) is 8.82. The van der Waals surface area contributed by atoms with Crippen molar-refractivity contribution in [2.24, 2.45) is 15.0 Å². The van der Waals surface area contributed by atoms with Crippen LogP contribution in [0.3, 0.4) is 0 Å². The fourth-order valence-electron chi connectivity index (χ4n) is 3.55. The number of nitrogens with zero attached hydrogens (tertiary/aromatic N) is 3. The van der Waals surface area contributed by atoms with Gasteiger partial charge in [0, 0.05) is 23.4 Å². The van der Waals surface area contributed by atoms with Crippen LogP contribution in [0, 0.1) is 0 Å². The van der Waals surface area contributed by atoms with Gasteiger partial charge in [0.25, 0.3) is 0 Å². The van der Waals surface area contributed by atoms with Crippen molar-refractivity contribution >= 4 is 71.3 Å². The number of fused-ring (bicyclic) bond motifs is 2. The molecule has 1 aliphatic heterocycles. The van der Waals surface area contributed by atoms with Gasteiger partial charge in [-0.3, -0.25) is 15.0 Å². The van der Waals surface area contributed by atoms with Crippen molar-refractivity contribution in [3.8, 4) is 0 Å². The van der Waals surface area contributed by atoms with E-state index in [2.05, 4.69) is 57.5 Å². The zero-order valence-electron chi connectivity index (χ0n) is 17.0. The van der Waals surface area contributed by atoms with Crippen LogP contribution in [0.15, 0.2) is 112 Å². The van der Waals surface area contributed by atoms with E-state index in [-0.39, 0.29) is 13.1 Å². The predicted molar refractivity (Wildman–Crippen MR) is 136 cm³/mol. The van der Waals surface area contributed by atoms with Crippen molar-refractivity contribution in [3.63, 3.8) is 0 Å². The summed E-state index contributed by atoms with van der Waals surface area (Å²) >= 11 is 0.194. The quantitative estimate of drug-likeness (QED) is 0.200. The maximum absolute atomic E-state index is 4.76. The summed E-state index contributed by atoms with van der Waals surface area (Å²) < 4.78 is 0. The normalized spacial score (nSPS) is 13.6. The third-order valence-electron chi connectivity index (χ3n) is 5.01. The Bertz CT molecular complexity index is 1350. The average Bonchev–Trinajstić information content (AvgIpc) is 3.30. The summed E-state index contributed by atoms with van der Waals surface area (Å²) in [5.74, 6) is 0. The number of benzene rings is 4. The van der Waals surface area contributed by atoms with Gasteiger partial charge < -0.3 is 0 Å². The zero-order chi connectivity index (χ0) is 22.2. The number of allylic oxidation sites excluding steroid dienone is 2. The second-order valence-electron chi connectivity index (χ2n) is 7.00. The first-order chi connectivity index (χ1) is 15.8. The fourth-order valence-corrected chi connectivity index (χ4v) is 3.55. The Hall–Kier alpha value is -2.75. The van der Waals surface area contributed by atoms with Crippen molar-refractivity contribution in [2.45, 2.75) is 6.42 Å². The van der Waals surface area contributed by atoms with Gasteiger partial charge in [0.05, 0.1) is 29.0 Å². The molecule has 0 saturated carbocycles. The second kappa shape index (κ2) is 11.2. The summed E-state index contributed by atoms with van der Waals surface area (Å²) in [4.78, 5) is 14.0. The van der Waals surface area contributed by atoms with Crippen LogP contribution >= 0.6 is 20.2 Å². The molecule has 0 unspecified atom stereocenters. The maximum atomic E-state index is 4.76. The molecule has 32 heavy (non-hydrogen) atoms. The molecule has 0 saturated heterocycles. The van der Waals surface area contributed by atoms with Crippen LogP contribution in [0.5, 0.6) is 0 Å². The van der Waals surface area contributed by atoms with E-state index in [9.17, 15) is 0 Å². The summed E-state index contributed by atoms with van der Waals surface area (Å²) in [6, 6.07) is 28.9. The van der Waals surface area contributed by atoms with E-state index in [4.69, 9.17) is 20.2 Å². The van der Waals surface area contributed by atoms with Gasteiger partial charge in [-0.15, -0.1) is 0 Å². The Morgan fingerprint density at radius 1 is 0.688 bits per heavy atom. The van der Waals surface area contributed by atoms with E-state index in [0.717, 1.165) is 40.0 Å². The number of hydrogen-bond donors (Lipinski definition) is 0. The third kappa shape index (κ3) is 5.53. The number of aliphatic imine (C=N–C) groups is 3. The average molecular weight is 500 g/mol. The first-order valence-electron chi connectivity index (χ1n) is 9.95. The monoisotopic (exact) mass is 499 g/mol. The van der Waals surface area contributed by atoms with Crippen molar-refractivity contribution in [2.75, 3.05) is 0 Å². The van der Waals surface area contributed by atoms with Crippen LogP contribution in [0.25, 0.3) is 21.5 Å². The Morgan fingerprint density at radius 3 is 1.78 bits per heavy atom. The summed E-state index contributed by atoms with van der Waals surface area (Å²) in [6.45, 7) is 0. The molecule has 5 rings (SSSR count). The number of hydrogen-bond acceptors (Lipinski definition) is 3. The van der Waals surface area contributed by atoms with Gasteiger partial charge >= 0.3 is 33.3 Å². The molecule has 4 aromatic carbocycles. The minimum atomic E-state index is 0.194. The molecule has 0 aromatic heterocycles. The van der Waals surface area contributed by atoms with Gasteiger partial charge in [-0.1, -0.05) is 78.9 Å². The first kappa shape index (κ1) is 22.4. The van der Waals surface area contributed by atoms with Gasteiger partial charge in [0.1, 0.15) is 0 Å². The molecule has 3 nitrogen and oxygen atoms in total. The molecule has 0 bridgehead atoms.